The first kappa shape index (κ1) is 19.2. The standard InChI is InChI=1S/C17H22N4O5/c1-4-14(23)12(18-10(3)22)8-11-6-7-15(24)13(9-11)21-17(26)20(5-2)16(25)19-21/h6-7,9,12,24H,4-5,8H2,1-3H3,(H,18,22)(H,19,25)/t12-/m0/s1. The van der Waals surface area contributed by atoms with E-state index in [-0.39, 0.29) is 42.5 Å². The number of nitrogens with zero attached hydrogens (tertiary/aromatic N) is 2. The average molecular weight is 362 g/mol. The Kier molecular flexibility index (Phi) is 5.81. The summed E-state index contributed by atoms with van der Waals surface area (Å²) < 4.78 is 1.95. The number of hydrogen-bond donors (Lipinski definition) is 3. The van der Waals surface area contributed by atoms with E-state index in [4.69, 9.17) is 0 Å². The summed E-state index contributed by atoms with van der Waals surface area (Å²) in [5, 5.41) is 15.1. The molecule has 0 spiro atoms. The van der Waals surface area contributed by atoms with E-state index in [1.54, 1.807) is 19.9 Å². The zero-order valence-corrected chi connectivity index (χ0v) is 14.9. The summed E-state index contributed by atoms with van der Waals surface area (Å²) in [4.78, 5) is 47.5. The lowest BCUT2D eigenvalue weighted by atomic mass is 10.00. The lowest BCUT2D eigenvalue weighted by Crippen LogP contribution is -2.41. The number of benzene rings is 1. The second-order valence-electron chi connectivity index (χ2n) is 5.88. The van der Waals surface area contributed by atoms with Crippen LogP contribution in [0, 0.1) is 0 Å². The summed E-state index contributed by atoms with van der Waals surface area (Å²) in [5.41, 5.74) is -0.467. The van der Waals surface area contributed by atoms with Gasteiger partial charge in [-0.25, -0.2) is 19.3 Å². The van der Waals surface area contributed by atoms with Crippen molar-refractivity contribution >= 4 is 11.7 Å². The molecule has 0 saturated heterocycles. The number of phenolic OH excluding ortho intramolecular Hbond substituents is 1. The number of carbonyl (C=O) groups is 2. The third-order valence-electron chi connectivity index (χ3n) is 4.03. The van der Waals surface area contributed by atoms with Crippen molar-refractivity contribution in [3.05, 3.63) is 44.7 Å². The van der Waals surface area contributed by atoms with Gasteiger partial charge in [-0.15, -0.1) is 0 Å². The van der Waals surface area contributed by atoms with Crippen molar-refractivity contribution in [1.82, 2.24) is 19.7 Å². The molecule has 9 heteroatoms. The number of rotatable bonds is 7. The van der Waals surface area contributed by atoms with Crippen molar-refractivity contribution in [2.75, 3.05) is 0 Å². The minimum Gasteiger partial charge on any atom is -0.506 e. The molecule has 1 aromatic carbocycles. The molecule has 0 radical (unpaired) electrons. The van der Waals surface area contributed by atoms with Crippen LogP contribution in [0.5, 0.6) is 5.75 Å². The van der Waals surface area contributed by atoms with Crippen LogP contribution in [-0.2, 0) is 22.6 Å². The molecule has 0 aliphatic heterocycles. The predicted molar refractivity (Wildman–Crippen MR) is 94.6 cm³/mol. The number of Topliss-reactive ketones (excluding diaryl/α,β-unsaturated/α-hetero) is 1. The van der Waals surface area contributed by atoms with Crippen molar-refractivity contribution in [1.29, 1.82) is 0 Å². The first-order valence-corrected chi connectivity index (χ1v) is 8.32. The highest BCUT2D eigenvalue weighted by Gasteiger charge is 2.20. The van der Waals surface area contributed by atoms with Gasteiger partial charge in [0.25, 0.3) is 0 Å². The summed E-state index contributed by atoms with van der Waals surface area (Å²) in [6.45, 7) is 4.88. The molecule has 2 rings (SSSR count). The topological polar surface area (TPSA) is 126 Å². The summed E-state index contributed by atoms with van der Waals surface area (Å²) in [6, 6.07) is 3.77. The molecule has 0 fully saturated rings. The Bertz CT molecular complexity index is 937. The van der Waals surface area contributed by atoms with Crippen LogP contribution in [0.15, 0.2) is 27.8 Å². The first-order valence-electron chi connectivity index (χ1n) is 8.32. The van der Waals surface area contributed by atoms with Gasteiger partial charge in [-0.3, -0.25) is 9.59 Å². The zero-order valence-electron chi connectivity index (χ0n) is 14.9. The Morgan fingerprint density at radius 2 is 1.96 bits per heavy atom. The number of aromatic amines is 1. The van der Waals surface area contributed by atoms with E-state index in [0.717, 1.165) is 9.25 Å². The Morgan fingerprint density at radius 1 is 1.27 bits per heavy atom. The maximum atomic E-state index is 12.3. The van der Waals surface area contributed by atoms with Gasteiger partial charge >= 0.3 is 11.4 Å². The van der Waals surface area contributed by atoms with Gasteiger partial charge in [0.2, 0.25) is 5.91 Å². The summed E-state index contributed by atoms with van der Waals surface area (Å²) in [6.07, 6.45) is 0.467. The van der Waals surface area contributed by atoms with Crippen molar-refractivity contribution in [3.63, 3.8) is 0 Å². The number of carbonyl (C=O) groups excluding carboxylic acids is 2. The van der Waals surface area contributed by atoms with Crippen LogP contribution in [0.1, 0.15) is 32.8 Å². The Labute approximate surface area is 149 Å². The number of amides is 1. The monoisotopic (exact) mass is 362 g/mol. The van der Waals surface area contributed by atoms with Gasteiger partial charge in [0.1, 0.15) is 11.4 Å². The summed E-state index contributed by atoms with van der Waals surface area (Å²) >= 11 is 0. The van der Waals surface area contributed by atoms with Gasteiger partial charge in [-0.1, -0.05) is 13.0 Å². The fourth-order valence-electron chi connectivity index (χ4n) is 2.70. The molecule has 26 heavy (non-hydrogen) atoms. The maximum absolute atomic E-state index is 12.3. The highest BCUT2D eigenvalue weighted by atomic mass is 16.3. The van der Waals surface area contributed by atoms with Crippen molar-refractivity contribution < 1.29 is 14.7 Å². The highest BCUT2D eigenvalue weighted by Crippen LogP contribution is 2.22. The zero-order chi connectivity index (χ0) is 19.4. The first-order chi connectivity index (χ1) is 12.3. The number of nitrogens with one attached hydrogen (secondary N) is 2. The van der Waals surface area contributed by atoms with Gasteiger partial charge in [-0.2, -0.15) is 4.68 Å². The normalized spacial score (nSPS) is 12.0. The van der Waals surface area contributed by atoms with E-state index in [1.165, 1.54) is 19.1 Å². The second-order valence-corrected chi connectivity index (χ2v) is 5.88. The van der Waals surface area contributed by atoms with Crippen LogP contribution in [-0.4, -0.2) is 37.2 Å². The third kappa shape index (κ3) is 3.93. The average Bonchev–Trinajstić information content (AvgIpc) is 2.88. The van der Waals surface area contributed by atoms with Crippen LogP contribution in [0.3, 0.4) is 0 Å². The molecule has 140 valence electrons. The Balaban J connectivity index is 2.44. The number of hydrogen-bond acceptors (Lipinski definition) is 5. The molecule has 0 bridgehead atoms. The highest BCUT2D eigenvalue weighted by molar-refractivity contribution is 5.88. The summed E-state index contributed by atoms with van der Waals surface area (Å²) in [5.74, 6) is -0.646. The van der Waals surface area contributed by atoms with Gasteiger partial charge in [0, 0.05) is 19.9 Å². The van der Waals surface area contributed by atoms with E-state index in [0.29, 0.717) is 5.56 Å². The Hall–Kier alpha value is -3.10. The minimum atomic E-state index is -0.703. The molecule has 2 aromatic rings. The Morgan fingerprint density at radius 3 is 2.50 bits per heavy atom. The van der Waals surface area contributed by atoms with Crippen LogP contribution < -0.4 is 16.7 Å². The molecule has 1 atom stereocenters. The number of ketones is 1. The van der Waals surface area contributed by atoms with Gasteiger partial charge in [0.05, 0.1) is 6.04 Å². The van der Waals surface area contributed by atoms with Crippen LogP contribution in [0.4, 0.5) is 0 Å². The molecule has 0 unspecified atom stereocenters. The maximum Gasteiger partial charge on any atom is 0.351 e. The molecule has 1 aromatic heterocycles. The van der Waals surface area contributed by atoms with Crippen molar-refractivity contribution in [3.8, 4) is 11.4 Å². The molecule has 1 amide bonds. The number of H-pyrrole nitrogens is 1. The SMILES string of the molecule is CCC(=O)[C@H](Cc1ccc(O)c(-n2[nH]c(=O)n(CC)c2=O)c1)NC(C)=O. The number of aromatic nitrogens is 3. The molecule has 0 aliphatic rings. The smallest absolute Gasteiger partial charge is 0.351 e. The second kappa shape index (κ2) is 7.85. The van der Waals surface area contributed by atoms with E-state index in [1.807, 2.05) is 0 Å². The van der Waals surface area contributed by atoms with E-state index >= 15 is 0 Å². The quantitative estimate of drug-likeness (QED) is 0.643. The lowest BCUT2D eigenvalue weighted by molar-refractivity contribution is -0.126. The minimum absolute atomic E-state index is 0.0994. The number of aromatic hydroxyl groups is 1. The molecular formula is C17H22N4O5. The van der Waals surface area contributed by atoms with Gasteiger partial charge < -0.3 is 10.4 Å². The van der Waals surface area contributed by atoms with Gasteiger partial charge in [0.15, 0.2) is 5.78 Å². The molecular weight excluding hydrogens is 340 g/mol. The van der Waals surface area contributed by atoms with E-state index in [2.05, 4.69) is 10.4 Å². The van der Waals surface area contributed by atoms with Crippen molar-refractivity contribution in [2.45, 2.75) is 46.2 Å². The molecule has 3 N–H and O–H groups in total. The molecule has 9 nitrogen and oxygen atoms in total. The summed E-state index contributed by atoms with van der Waals surface area (Å²) in [7, 11) is 0. The van der Waals surface area contributed by atoms with Gasteiger partial charge in [-0.05, 0) is 31.0 Å². The van der Waals surface area contributed by atoms with Crippen LogP contribution in [0.2, 0.25) is 0 Å². The molecule has 0 aliphatic carbocycles. The fraction of sp³-hybridized carbons (Fsp3) is 0.412. The van der Waals surface area contributed by atoms with Crippen LogP contribution in [0.25, 0.3) is 5.69 Å². The van der Waals surface area contributed by atoms with Crippen molar-refractivity contribution in [2.24, 2.45) is 0 Å². The predicted octanol–water partition coefficient (Wildman–Crippen LogP) is 0.0791. The largest absolute Gasteiger partial charge is 0.506 e. The molecule has 0 saturated carbocycles. The van der Waals surface area contributed by atoms with E-state index < -0.39 is 17.4 Å². The van der Waals surface area contributed by atoms with Crippen LogP contribution >= 0.6 is 0 Å². The lowest BCUT2D eigenvalue weighted by Gasteiger charge is -2.17. The fourth-order valence-corrected chi connectivity index (χ4v) is 2.70. The third-order valence-corrected chi connectivity index (χ3v) is 4.03. The number of phenols is 1. The van der Waals surface area contributed by atoms with E-state index in [9.17, 15) is 24.3 Å². The molecule has 1 heterocycles.